The van der Waals surface area contributed by atoms with E-state index in [0.717, 1.165) is 22.2 Å². The molecule has 3 N–H and O–H groups in total. The summed E-state index contributed by atoms with van der Waals surface area (Å²) in [6, 6.07) is 3.79. The molecule has 0 aliphatic carbocycles. The van der Waals surface area contributed by atoms with Crippen LogP contribution in [0.15, 0.2) is 61.8 Å². The Hall–Kier alpha value is -4.27. The van der Waals surface area contributed by atoms with E-state index in [4.69, 9.17) is 5.73 Å². The van der Waals surface area contributed by atoms with E-state index in [2.05, 4.69) is 34.9 Å². The van der Waals surface area contributed by atoms with Gasteiger partial charge in [-0.2, -0.15) is 0 Å². The maximum absolute atomic E-state index is 15.2. The van der Waals surface area contributed by atoms with Crippen LogP contribution in [0.2, 0.25) is 0 Å². The predicted octanol–water partition coefficient (Wildman–Crippen LogP) is 3.18. The fraction of sp³-hybridized carbons (Fsp3) is 0.0476. The quantitative estimate of drug-likeness (QED) is 0.477. The monoisotopic (exact) mass is 398 g/mol. The van der Waals surface area contributed by atoms with Crippen LogP contribution in [-0.2, 0) is 6.42 Å². The van der Waals surface area contributed by atoms with Crippen molar-refractivity contribution >= 4 is 16.7 Å². The van der Waals surface area contributed by atoms with Crippen LogP contribution in [0.5, 0.6) is 0 Å². The molecule has 0 spiro atoms. The van der Waals surface area contributed by atoms with Gasteiger partial charge in [0.2, 0.25) is 0 Å². The summed E-state index contributed by atoms with van der Waals surface area (Å²) in [5, 5.41) is 0. The van der Waals surface area contributed by atoms with Gasteiger partial charge in [0.15, 0.2) is 5.82 Å². The number of aromatic amines is 1. The topological polar surface area (TPSA) is 119 Å². The number of nitrogen functional groups attached to an aromatic ring is 1. The van der Waals surface area contributed by atoms with E-state index in [1.807, 2.05) is 12.1 Å². The molecule has 146 valence electrons. The number of nitrogens with one attached hydrogen (secondary N) is 1. The number of hydrogen-bond donors (Lipinski definition) is 2. The SMILES string of the molecule is Nc1cnc(-c2cncnc2)c(F)c1Cc1nc2c(-c3cccnc3)cncc2[nH]1. The molecule has 5 aromatic heterocycles. The molecule has 0 amide bonds. The Labute approximate surface area is 170 Å². The van der Waals surface area contributed by atoms with Gasteiger partial charge in [-0.3, -0.25) is 15.0 Å². The van der Waals surface area contributed by atoms with Crippen molar-refractivity contribution in [1.29, 1.82) is 0 Å². The van der Waals surface area contributed by atoms with E-state index in [1.54, 1.807) is 24.8 Å². The van der Waals surface area contributed by atoms with Crippen LogP contribution in [-0.4, -0.2) is 34.9 Å². The van der Waals surface area contributed by atoms with Crippen molar-refractivity contribution < 1.29 is 4.39 Å². The third kappa shape index (κ3) is 3.12. The normalized spacial score (nSPS) is 11.1. The lowest BCUT2D eigenvalue weighted by Crippen LogP contribution is -2.04. The fourth-order valence-corrected chi connectivity index (χ4v) is 3.31. The van der Waals surface area contributed by atoms with Gasteiger partial charge in [0, 0.05) is 59.7 Å². The van der Waals surface area contributed by atoms with Crippen LogP contribution in [0.4, 0.5) is 10.1 Å². The second kappa shape index (κ2) is 7.28. The van der Waals surface area contributed by atoms with Crippen LogP contribution >= 0.6 is 0 Å². The third-order valence-electron chi connectivity index (χ3n) is 4.75. The molecule has 0 unspecified atom stereocenters. The largest absolute Gasteiger partial charge is 0.397 e. The van der Waals surface area contributed by atoms with E-state index >= 15 is 4.39 Å². The number of pyridine rings is 3. The maximum atomic E-state index is 15.2. The van der Waals surface area contributed by atoms with Gasteiger partial charge < -0.3 is 10.7 Å². The molecule has 5 rings (SSSR count). The van der Waals surface area contributed by atoms with E-state index in [9.17, 15) is 0 Å². The highest BCUT2D eigenvalue weighted by Crippen LogP contribution is 2.29. The summed E-state index contributed by atoms with van der Waals surface area (Å²) in [6.07, 6.45) is 12.9. The number of nitrogens with zero attached hydrogens (tertiary/aromatic N) is 6. The Morgan fingerprint density at radius 3 is 2.57 bits per heavy atom. The van der Waals surface area contributed by atoms with E-state index in [-0.39, 0.29) is 17.8 Å². The van der Waals surface area contributed by atoms with Gasteiger partial charge in [-0.25, -0.2) is 19.3 Å². The van der Waals surface area contributed by atoms with Crippen molar-refractivity contribution in [3.63, 3.8) is 0 Å². The average molecular weight is 398 g/mol. The molecule has 5 heterocycles. The van der Waals surface area contributed by atoms with Gasteiger partial charge in [-0.05, 0) is 6.07 Å². The maximum Gasteiger partial charge on any atom is 0.155 e. The van der Waals surface area contributed by atoms with Crippen LogP contribution in [0.25, 0.3) is 33.4 Å². The van der Waals surface area contributed by atoms with Gasteiger partial charge in [-0.15, -0.1) is 0 Å². The van der Waals surface area contributed by atoms with Crippen LogP contribution in [0.1, 0.15) is 11.4 Å². The number of anilines is 1. The smallest absolute Gasteiger partial charge is 0.155 e. The van der Waals surface area contributed by atoms with Crippen LogP contribution in [0.3, 0.4) is 0 Å². The standard InChI is InChI=1S/C21H15FN8/c22-19-14(16(23)9-28-20(19)13-6-26-11-27-7-13)4-18-29-17-10-25-8-15(21(17)30-18)12-2-1-3-24-5-12/h1-3,5-11H,4,23H2,(H,29,30). The average Bonchev–Trinajstić information content (AvgIpc) is 3.20. The number of fused-ring (bicyclic) bond motifs is 1. The summed E-state index contributed by atoms with van der Waals surface area (Å²) in [6.45, 7) is 0. The van der Waals surface area contributed by atoms with Crippen molar-refractivity contribution in [2.45, 2.75) is 6.42 Å². The first-order chi connectivity index (χ1) is 14.7. The minimum Gasteiger partial charge on any atom is -0.397 e. The molecule has 0 radical (unpaired) electrons. The minimum atomic E-state index is -0.518. The Bertz CT molecular complexity index is 1340. The summed E-state index contributed by atoms with van der Waals surface area (Å²) in [4.78, 5) is 28.3. The van der Waals surface area contributed by atoms with E-state index in [0.29, 0.717) is 17.0 Å². The predicted molar refractivity (Wildman–Crippen MR) is 110 cm³/mol. The second-order valence-electron chi connectivity index (χ2n) is 6.67. The van der Waals surface area contributed by atoms with Gasteiger partial charge in [0.25, 0.3) is 0 Å². The highest BCUT2D eigenvalue weighted by Gasteiger charge is 2.18. The molecular formula is C21H15FN8. The molecule has 0 fully saturated rings. The number of aromatic nitrogens is 7. The lowest BCUT2D eigenvalue weighted by Gasteiger charge is -2.09. The number of halogens is 1. The minimum absolute atomic E-state index is 0.147. The van der Waals surface area contributed by atoms with Gasteiger partial charge in [-0.1, -0.05) is 6.07 Å². The molecule has 5 aromatic rings. The molecule has 0 bridgehead atoms. The number of hydrogen-bond acceptors (Lipinski definition) is 7. The lowest BCUT2D eigenvalue weighted by atomic mass is 10.1. The van der Waals surface area contributed by atoms with E-state index in [1.165, 1.54) is 24.9 Å². The van der Waals surface area contributed by atoms with Crippen molar-refractivity contribution in [3.8, 4) is 22.4 Å². The van der Waals surface area contributed by atoms with Crippen molar-refractivity contribution in [3.05, 3.63) is 79.0 Å². The fourth-order valence-electron chi connectivity index (χ4n) is 3.31. The lowest BCUT2D eigenvalue weighted by molar-refractivity contribution is 0.611. The molecule has 0 aliphatic rings. The highest BCUT2D eigenvalue weighted by molar-refractivity contribution is 5.90. The first kappa shape index (κ1) is 17.8. The molecule has 9 heteroatoms. The highest BCUT2D eigenvalue weighted by atomic mass is 19.1. The molecule has 0 aromatic carbocycles. The molecule has 0 aliphatic heterocycles. The Morgan fingerprint density at radius 2 is 1.77 bits per heavy atom. The summed E-state index contributed by atoms with van der Waals surface area (Å²) in [7, 11) is 0. The number of rotatable bonds is 4. The summed E-state index contributed by atoms with van der Waals surface area (Å²) >= 11 is 0. The Balaban J connectivity index is 1.57. The van der Waals surface area contributed by atoms with Gasteiger partial charge >= 0.3 is 0 Å². The van der Waals surface area contributed by atoms with Crippen LogP contribution < -0.4 is 5.73 Å². The first-order valence-corrected chi connectivity index (χ1v) is 9.12. The Morgan fingerprint density at radius 1 is 0.933 bits per heavy atom. The van der Waals surface area contributed by atoms with Crippen molar-refractivity contribution in [2.75, 3.05) is 5.73 Å². The van der Waals surface area contributed by atoms with Gasteiger partial charge in [0.1, 0.15) is 17.8 Å². The first-order valence-electron chi connectivity index (χ1n) is 9.12. The second-order valence-corrected chi connectivity index (χ2v) is 6.67. The zero-order chi connectivity index (χ0) is 20.5. The van der Waals surface area contributed by atoms with Crippen molar-refractivity contribution in [2.24, 2.45) is 0 Å². The van der Waals surface area contributed by atoms with E-state index < -0.39 is 5.82 Å². The number of nitrogens with two attached hydrogens (primary N) is 1. The Kier molecular flexibility index (Phi) is 4.32. The molecule has 8 nitrogen and oxygen atoms in total. The molecule has 30 heavy (non-hydrogen) atoms. The van der Waals surface area contributed by atoms with Gasteiger partial charge in [0.05, 0.1) is 29.1 Å². The summed E-state index contributed by atoms with van der Waals surface area (Å²) in [5.41, 5.74) is 10.4. The summed E-state index contributed by atoms with van der Waals surface area (Å²) < 4.78 is 15.2. The molecular weight excluding hydrogens is 383 g/mol. The number of imidazole rings is 1. The zero-order valence-corrected chi connectivity index (χ0v) is 15.6. The van der Waals surface area contributed by atoms with Crippen molar-refractivity contribution in [1.82, 2.24) is 34.9 Å². The molecule has 0 saturated carbocycles. The molecule has 0 saturated heterocycles. The number of H-pyrrole nitrogens is 1. The third-order valence-corrected chi connectivity index (χ3v) is 4.75. The zero-order valence-electron chi connectivity index (χ0n) is 15.6. The van der Waals surface area contributed by atoms with Crippen LogP contribution in [0, 0.1) is 5.82 Å². The molecule has 0 atom stereocenters. The summed E-state index contributed by atoms with van der Waals surface area (Å²) in [5.74, 6) is 0.0473.